The zero-order valence-corrected chi connectivity index (χ0v) is 27.5. The molecule has 0 radical (unpaired) electrons. The van der Waals surface area contributed by atoms with Crippen LogP contribution in [0.25, 0.3) is 0 Å². The van der Waals surface area contributed by atoms with Crippen molar-refractivity contribution < 1.29 is 18.0 Å². The van der Waals surface area contributed by atoms with Crippen molar-refractivity contribution in [2.75, 3.05) is 17.4 Å². The number of benzene rings is 4. The number of hydrogen-bond acceptors (Lipinski definition) is 4. The van der Waals surface area contributed by atoms with Crippen LogP contribution < -0.4 is 9.62 Å². The molecule has 7 nitrogen and oxygen atoms in total. The zero-order chi connectivity index (χ0) is 32.4. The fraction of sp³-hybridized carbons (Fsp3) is 0.278. The number of unbranched alkanes of at least 4 members (excludes halogenated alkanes) is 1. The number of sulfonamides is 1. The van der Waals surface area contributed by atoms with E-state index >= 15 is 0 Å². The van der Waals surface area contributed by atoms with Crippen molar-refractivity contribution in [1.82, 2.24) is 10.2 Å². The first-order chi connectivity index (χ1) is 21.6. The van der Waals surface area contributed by atoms with Crippen molar-refractivity contribution in [3.8, 4) is 0 Å². The predicted octanol–water partition coefficient (Wildman–Crippen LogP) is 6.71. The molecule has 0 saturated heterocycles. The van der Waals surface area contributed by atoms with Crippen molar-refractivity contribution in [1.29, 1.82) is 0 Å². The van der Waals surface area contributed by atoms with E-state index in [-0.39, 0.29) is 23.8 Å². The molecule has 0 spiro atoms. The number of carbonyl (C=O) groups is 2. The maximum absolute atomic E-state index is 14.5. The summed E-state index contributed by atoms with van der Waals surface area (Å²) < 4.78 is 29.6. The summed E-state index contributed by atoms with van der Waals surface area (Å²) in [6, 6.07) is 29.5. The van der Waals surface area contributed by atoms with Gasteiger partial charge in [-0.05, 0) is 61.2 Å². The second-order valence-electron chi connectivity index (χ2n) is 11.1. The molecule has 4 rings (SSSR count). The molecule has 0 bridgehead atoms. The molecule has 1 N–H and O–H groups in total. The molecule has 0 saturated carbocycles. The van der Waals surface area contributed by atoms with E-state index in [0.717, 1.165) is 33.8 Å². The molecule has 45 heavy (non-hydrogen) atoms. The summed E-state index contributed by atoms with van der Waals surface area (Å²) >= 11 is 6.36. The molecule has 9 heteroatoms. The van der Waals surface area contributed by atoms with Gasteiger partial charge in [0, 0.05) is 24.5 Å². The van der Waals surface area contributed by atoms with E-state index in [4.69, 9.17) is 11.6 Å². The summed E-state index contributed by atoms with van der Waals surface area (Å²) in [6.07, 6.45) is 1.96. The zero-order valence-electron chi connectivity index (χ0n) is 25.9. The molecule has 0 aliphatic heterocycles. The third kappa shape index (κ3) is 8.96. The molecule has 0 aromatic heterocycles. The van der Waals surface area contributed by atoms with E-state index in [1.165, 1.54) is 17.0 Å². The summed E-state index contributed by atoms with van der Waals surface area (Å²) in [6.45, 7) is 5.75. The topological polar surface area (TPSA) is 86.8 Å². The highest BCUT2D eigenvalue weighted by atomic mass is 35.5. The molecule has 2 amide bonds. The maximum Gasteiger partial charge on any atom is 0.264 e. The normalized spacial score (nSPS) is 11.9. The van der Waals surface area contributed by atoms with Crippen LogP contribution in [-0.4, -0.2) is 44.3 Å². The predicted molar refractivity (Wildman–Crippen MR) is 181 cm³/mol. The number of nitrogens with one attached hydrogen (secondary N) is 1. The highest BCUT2D eigenvalue weighted by Crippen LogP contribution is 2.30. The Balaban J connectivity index is 1.80. The second-order valence-corrected chi connectivity index (χ2v) is 13.4. The van der Waals surface area contributed by atoms with E-state index in [9.17, 15) is 18.0 Å². The van der Waals surface area contributed by atoms with Gasteiger partial charge in [0.05, 0.1) is 10.6 Å². The van der Waals surface area contributed by atoms with Crippen LogP contribution >= 0.6 is 11.6 Å². The molecule has 1 atom stereocenters. The van der Waals surface area contributed by atoms with Crippen molar-refractivity contribution in [2.45, 2.75) is 57.5 Å². The Hall–Kier alpha value is -4.14. The first-order valence-corrected chi connectivity index (χ1v) is 16.9. The van der Waals surface area contributed by atoms with E-state index in [2.05, 4.69) is 5.32 Å². The van der Waals surface area contributed by atoms with Crippen molar-refractivity contribution in [3.05, 3.63) is 130 Å². The molecule has 236 valence electrons. The van der Waals surface area contributed by atoms with Crippen LogP contribution in [0.2, 0.25) is 5.02 Å². The lowest BCUT2D eigenvalue weighted by Gasteiger charge is -2.34. The smallest absolute Gasteiger partial charge is 0.264 e. The van der Waals surface area contributed by atoms with Gasteiger partial charge in [0.1, 0.15) is 12.6 Å². The monoisotopic (exact) mass is 645 g/mol. The Morgan fingerprint density at radius 3 is 2.09 bits per heavy atom. The summed E-state index contributed by atoms with van der Waals surface area (Å²) in [5.74, 6) is -0.802. The summed E-state index contributed by atoms with van der Waals surface area (Å²) in [7, 11) is -4.21. The van der Waals surface area contributed by atoms with E-state index in [1.807, 2.05) is 74.5 Å². The number of rotatable bonds is 14. The molecule has 4 aromatic carbocycles. The highest BCUT2D eigenvalue weighted by molar-refractivity contribution is 7.92. The standard InChI is InChI=1S/C36H40ClN3O4S/c1-4-5-22-38-36(42)34(23-29-12-8-6-9-13-29)39(25-30-14-10-7-11-15-30)35(41)26-40(33-24-31(37)19-18-28(33)3)45(43,44)32-20-16-27(2)17-21-32/h6-21,24,34H,4-5,22-23,25-26H2,1-3H3,(H,38,42). The van der Waals surface area contributed by atoms with Crippen LogP contribution in [0.3, 0.4) is 0 Å². The van der Waals surface area contributed by atoms with Gasteiger partial charge in [-0.3, -0.25) is 13.9 Å². The van der Waals surface area contributed by atoms with E-state index in [1.54, 1.807) is 37.3 Å². The quantitative estimate of drug-likeness (QED) is 0.155. The maximum atomic E-state index is 14.5. The van der Waals surface area contributed by atoms with Crippen molar-refractivity contribution in [2.24, 2.45) is 0 Å². The minimum absolute atomic E-state index is 0.0491. The third-order valence-electron chi connectivity index (χ3n) is 7.62. The van der Waals surface area contributed by atoms with Crippen LogP contribution in [0.1, 0.15) is 42.0 Å². The van der Waals surface area contributed by atoms with Gasteiger partial charge in [0.15, 0.2) is 0 Å². The molecule has 4 aromatic rings. The molecule has 0 aliphatic rings. The highest BCUT2D eigenvalue weighted by Gasteiger charge is 2.35. The van der Waals surface area contributed by atoms with Gasteiger partial charge in [-0.2, -0.15) is 0 Å². The lowest BCUT2D eigenvalue weighted by molar-refractivity contribution is -0.140. The number of anilines is 1. The fourth-order valence-electron chi connectivity index (χ4n) is 5.04. The van der Waals surface area contributed by atoms with E-state index in [0.29, 0.717) is 22.8 Å². The van der Waals surface area contributed by atoms with Gasteiger partial charge >= 0.3 is 0 Å². The Morgan fingerprint density at radius 1 is 0.844 bits per heavy atom. The number of carbonyl (C=O) groups excluding carboxylic acids is 2. The van der Waals surface area contributed by atoms with Crippen LogP contribution in [0.5, 0.6) is 0 Å². The Kier molecular flexibility index (Phi) is 11.8. The Labute approximate surface area is 271 Å². The molecule has 0 fully saturated rings. The summed E-state index contributed by atoms with van der Waals surface area (Å²) in [4.78, 5) is 29.9. The number of halogens is 1. The number of hydrogen-bond donors (Lipinski definition) is 1. The largest absolute Gasteiger partial charge is 0.354 e. The van der Waals surface area contributed by atoms with Gasteiger partial charge in [0.25, 0.3) is 10.0 Å². The van der Waals surface area contributed by atoms with Crippen LogP contribution in [0, 0.1) is 13.8 Å². The summed E-state index contributed by atoms with van der Waals surface area (Å²) in [5, 5.41) is 3.34. The second kappa shape index (κ2) is 15.7. The lowest BCUT2D eigenvalue weighted by Crippen LogP contribution is -2.53. The van der Waals surface area contributed by atoms with Crippen LogP contribution in [0.4, 0.5) is 5.69 Å². The average Bonchev–Trinajstić information content (AvgIpc) is 3.04. The molecular formula is C36H40ClN3O4S. The molecule has 0 heterocycles. The Bertz CT molecular complexity index is 1680. The number of amides is 2. The number of nitrogens with zero attached hydrogens (tertiary/aromatic N) is 2. The van der Waals surface area contributed by atoms with Gasteiger partial charge < -0.3 is 10.2 Å². The minimum Gasteiger partial charge on any atom is -0.354 e. The first kappa shape index (κ1) is 33.7. The lowest BCUT2D eigenvalue weighted by atomic mass is 10.0. The average molecular weight is 646 g/mol. The van der Waals surface area contributed by atoms with Crippen LogP contribution in [-0.2, 0) is 32.6 Å². The van der Waals surface area contributed by atoms with E-state index < -0.39 is 28.5 Å². The molecule has 0 aliphatic carbocycles. The summed E-state index contributed by atoms with van der Waals surface area (Å²) in [5.41, 5.74) is 3.53. The van der Waals surface area contributed by atoms with Crippen LogP contribution in [0.15, 0.2) is 108 Å². The minimum atomic E-state index is -4.21. The SMILES string of the molecule is CCCCNC(=O)C(Cc1ccccc1)N(Cc1ccccc1)C(=O)CN(c1cc(Cl)ccc1C)S(=O)(=O)c1ccc(C)cc1. The van der Waals surface area contributed by atoms with Crippen molar-refractivity contribution >= 4 is 39.1 Å². The van der Waals surface area contributed by atoms with Gasteiger partial charge in [-0.25, -0.2) is 8.42 Å². The molecular weight excluding hydrogens is 606 g/mol. The third-order valence-corrected chi connectivity index (χ3v) is 9.63. The van der Waals surface area contributed by atoms with Gasteiger partial charge in [0.2, 0.25) is 11.8 Å². The van der Waals surface area contributed by atoms with Crippen molar-refractivity contribution in [3.63, 3.8) is 0 Å². The molecule has 1 unspecified atom stereocenters. The first-order valence-electron chi connectivity index (χ1n) is 15.1. The Morgan fingerprint density at radius 2 is 1.47 bits per heavy atom. The van der Waals surface area contributed by atoms with Gasteiger partial charge in [-0.15, -0.1) is 0 Å². The fourth-order valence-corrected chi connectivity index (χ4v) is 6.68. The van der Waals surface area contributed by atoms with Gasteiger partial charge in [-0.1, -0.05) is 109 Å². The number of aryl methyl sites for hydroxylation is 2.